The summed E-state index contributed by atoms with van der Waals surface area (Å²) in [6.07, 6.45) is 0. The quantitative estimate of drug-likeness (QED) is 0.115. The van der Waals surface area contributed by atoms with Gasteiger partial charge in [-0.2, -0.15) is 0 Å². The van der Waals surface area contributed by atoms with E-state index in [0.29, 0.717) is 0 Å². The molecule has 0 saturated carbocycles. The number of anilines is 6. The average Bonchev–Trinajstić information content (AvgIpc) is 1.53. The van der Waals surface area contributed by atoms with Gasteiger partial charge in [0.1, 0.15) is 22.3 Å². The van der Waals surface area contributed by atoms with Crippen LogP contribution in [0.25, 0.3) is 131 Å². The Morgan fingerprint density at radius 2 is 0.581 bits per heavy atom. The second kappa shape index (κ2) is 28.9. The van der Waals surface area contributed by atoms with Gasteiger partial charge in [-0.15, -0.1) is 11.3 Å². The number of fused-ring (bicyclic) bond motifs is 18. The standard InChI is InChI=1S/C64H43NOS.C55H37NO/c1-63(2)55-20-10-6-16-47(55)50-32-30-45(38-58(50)63)65(46-31-33-52-51-19-9-13-23-59(51)66-60(52)39-46)44-28-24-40(25-29-44)41-26-34-61-53(36-41)54-37-43(27-35-62(54)67-61)64(42-14-4-3-5-15-42)56-21-11-7-17-48(56)49-18-8-12-22-57(49)64;1-4-18-41(19-5-1)55(51-28-12-10-24-47(51)48-25-11-13-29-52(48)55)42-32-35-49-50-27-15-26-46(54(50)57-53(49)37-42)40-17-14-16-39(36-40)38-30-33-45(34-31-38)56(43-20-6-2-7-21-43)44-22-8-3-9-23-44/h3-39H,1-2H3;1-37H. The van der Waals surface area contributed by atoms with Crippen LogP contribution in [0.1, 0.15) is 69.5 Å². The van der Waals surface area contributed by atoms with Gasteiger partial charge in [-0.1, -0.05) is 341 Å². The van der Waals surface area contributed by atoms with Crippen LogP contribution in [0, 0.1) is 0 Å². The molecule has 0 N–H and O–H groups in total. The molecule has 22 aromatic rings. The van der Waals surface area contributed by atoms with Gasteiger partial charge in [-0.05, 0) is 232 Å². The van der Waals surface area contributed by atoms with Gasteiger partial charge in [0, 0.05) is 92.9 Å². The minimum absolute atomic E-state index is 0.125. The Bertz CT molecular complexity index is 7830. The smallest absolute Gasteiger partial charge is 0.143 e. The lowest BCUT2D eigenvalue weighted by Gasteiger charge is -2.34. The molecule has 584 valence electrons. The summed E-state index contributed by atoms with van der Waals surface area (Å²) >= 11 is 1.88. The predicted molar refractivity (Wildman–Crippen MR) is 518 cm³/mol. The fourth-order valence-corrected chi connectivity index (χ4v) is 22.1. The number of nitrogens with zero attached hydrogens (tertiary/aromatic N) is 2. The monoisotopic (exact) mass is 1600 g/mol. The van der Waals surface area contributed by atoms with Crippen molar-refractivity contribution >= 4 is 110 Å². The molecule has 0 saturated heterocycles. The summed E-state index contributed by atoms with van der Waals surface area (Å²) in [5, 5.41) is 7.07. The number of benzene rings is 19. The van der Waals surface area contributed by atoms with Crippen LogP contribution in [0.3, 0.4) is 0 Å². The first-order chi connectivity index (χ1) is 61.2. The molecule has 25 rings (SSSR count). The molecule has 0 fully saturated rings. The first-order valence-electron chi connectivity index (χ1n) is 42.8. The Labute approximate surface area is 724 Å². The van der Waals surface area contributed by atoms with E-state index in [9.17, 15) is 0 Å². The minimum atomic E-state index is -0.479. The van der Waals surface area contributed by atoms with E-state index in [0.717, 1.165) is 100 Å². The van der Waals surface area contributed by atoms with Crippen LogP contribution in [-0.2, 0) is 16.2 Å². The van der Waals surface area contributed by atoms with Crippen molar-refractivity contribution in [3.8, 4) is 66.8 Å². The lowest BCUT2D eigenvalue weighted by atomic mass is 9.67. The number of thiophene rings is 1. The summed E-state index contributed by atoms with van der Waals surface area (Å²) in [5.74, 6) is 0. The van der Waals surface area contributed by atoms with Gasteiger partial charge < -0.3 is 18.6 Å². The average molecular weight is 1600 g/mol. The molecule has 124 heavy (non-hydrogen) atoms. The summed E-state index contributed by atoms with van der Waals surface area (Å²) in [5.41, 5.74) is 36.8. The Morgan fingerprint density at radius 1 is 0.202 bits per heavy atom. The fourth-order valence-electron chi connectivity index (χ4n) is 21.1. The molecule has 4 nitrogen and oxygen atoms in total. The summed E-state index contributed by atoms with van der Waals surface area (Å²) in [6.45, 7) is 4.70. The Morgan fingerprint density at radius 3 is 1.18 bits per heavy atom. The first kappa shape index (κ1) is 72.6. The molecule has 0 aliphatic heterocycles. The van der Waals surface area contributed by atoms with Crippen molar-refractivity contribution in [1.29, 1.82) is 0 Å². The van der Waals surface area contributed by atoms with E-state index >= 15 is 0 Å². The third kappa shape index (κ3) is 11.4. The predicted octanol–water partition coefficient (Wildman–Crippen LogP) is 32.5. The zero-order valence-electron chi connectivity index (χ0n) is 68.3. The van der Waals surface area contributed by atoms with Crippen LogP contribution >= 0.6 is 11.3 Å². The number of rotatable bonds is 13. The zero-order chi connectivity index (χ0) is 82.2. The van der Waals surface area contributed by atoms with E-state index in [1.165, 1.54) is 120 Å². The van der Waals surface area contributed by atoms with Crippen LogP contribution in [-0.4, -0.2) is 0 Å². The molecule has 0 radical (unpaired) electrons. The summed E-state index contributed by atoms with van der Waals surface area (Å²) in [4.78, 5) is 4.68. The number of hydrogen-bond donors (Lipinski definition) is 0. The molecule has 0 amide bonds. The van der Waals surface area contributed by atoms with Crippen molar-refractivity contribution in [2.45, 2.75) is 30.1 Å². The van der Waals surface area contributed by atoms with E-state index in [-0.39, 0.29) is 5.41 Å². The number of hydrogen-bond acceptors (Lipinski definition) is 5. The highest BCUT2D eigenvalue weighted by Gasteiger charge is 2.48. The van der Waals surface area contributed by atoms with Crippen LogP contribution < -0.4 is 9.80 Å². The molecule has 3 aliphatic carbocycles. The van der Waals surface area contributed by atoms with E-state index in [1.807, 2.05) is 17.4 Å². The van der Waals surface area contributed by atoms with Gasteiger partial charge in [0.2, 0.25) is 0 Å². The lowest BCUT2D eigenvalue weighted by molar-refractivity contribution is 0.660. The normalized spacial score (nSPS) is 13.4. The summed E-state index contributed by atoms with van der Waals surface area (Å²) in [6, 6.07) is 164. The molecular weight excluding hydrogens is 1520 g/mol. The molecule has 0 spiro atoms. The van der Waals surface area contributed by atoms with Crippen molar-refractivity contribution < 1.29 is 8.83 Å². The van der Waals surface area contributed by atoms with Crippen LogP contribution in [0.15, 0.2) is 458 Å². The fraction of sp³-hybridized carbons (Fsp3) is 0.0420. The Balaban J connectivity index is 0.000000141. The largest absolute Gasteiger partial charge is 0.456 e. The van der Waals surface area contributed by atoms with E-state index < -0.39 is 10.8 Å². The molecule has 19 aromatic carbocycles. The van der Waals surface area contributed by atoms with Crippen LogP contribution in [0.2, 0.25) is 0 Å². The van der Waals surface area contributed by atoms with Crippen molar-refractivity contribution in [2.75, 3.05) is 9.80 Å². The van der Waals surface area contributed by atoms with Crippen molar-refractivity contribution in [1.82, 2.24) is 0 Å². The molecule has 0 unspecified atom stereocenters. The van der Waals surface area contributed by atoms with Gasteiger partial charge in [0.15, 0.2) is 0 Å². The Kier molecular flexibility index (Phi) is 16.9. The first-order valence-corrected chi connectivity index (χ1v) is 43.6. The minimum Gasteiger partial charge on any atom is -0.456 e. The third-order valence-corrected chi connectivity index (χ3v) is 27.9. The van der Waals surface area contributed by atoms with Crippen LogP contribution in [0.4, 0.5) is 34.1 Å². The van der Waals surface area contributed by atoms with E-state index in [4.69, 9.17) is 8.83 Å². The van der Waals surface area contributed by atoms with Gasteiger partial charge in [0.05, 0.1) is 10.8 Å². The highest BCUT2D eigenvalue weighted by Crippen LogP contribution is 2.60. The molecule has 5 heteroatoms. The highest BCUT2D eigenvalue weighted by atomic mass is 32.1. The molecule has 3 heterocycles. The Hall–Kier alpha value is -15.4. The second-order valence-corrected chi connectivity index (χ2v) is 34.7. The van der Waals surface area contributed by atoms with Gasteiger partial charge >= 0.3 is 0 Å². The number of para-hydroxylation sites is 4. The number of furan rings is 2. The van der Waals surface area contributed by atoms with E-state index in [1.54, 1.807) is 0 Å². The second-order valence-electron chi connectivity index (χ2n) is 33.6. The third-order valence-electron chi connectivity index (χ3n) is 26.7. The van der Waals surface area contributed by atoms with Gasteiger partial charge in [-0.25, -0.2) is 0 Å². The maximum atomic E-state index is 6.96. The van der Waals surface area contributed by atoms with Gasteiger partial charge in [-0.3, -0.25) is 0 Å². The maximum absolute atomic E-state index is 6.96. The van der Waals surface area contributed by atoms with Crippen LogP contribution in [0.5, 0.6) is 0 Å². The topological polar surface area (TPSA) is 32.8 Å². The molecule has 3 aromatic heterocycles. The lowest BCUT2D eigenvalue weighted by Crippen LogP contribution is -2.28. The van der Waals surface area contributed by atoms with Crippen molar-refractivity contribution in [3.63, 3.8) is 0 Å². The SMILES string of the molecule is CC1(C)c2ccccc2-c2ccc(N(c3ccc(-c4ccc5sc6ccc(C7(c8ccccc8)c8ccccc8-c8ccccc87)cc6c5c4)cc3)c3ccc4c(c3)oc3ccccc34)cc21.c1ccc(N(c2ccccc2)c2ccc(-c3cccc(-c4cccc5c4oc4cc(C6(c7ccccc7)c7ccccc7-c7ccccc76)ccc45)c3)cc2)cc1. The summed E-state index contributed by atoms with van der Waals surface area (Å²) < 4.78 is 16.0. The van der Waals surface area contributed by atoms with E-state index in [2.05, 4.69) is 466 Å². The zero-order valence-corrected chi connectivity index (χ0v) is 69.2. The molecular formula is C119H80N2O2S. The maximum Gasteiger partial charge on any atom is 0.143 e. The molecule has 0 atom stereocenters. The van der Waals surface area contributed by atoms with Crippen molar-refractivity contribution in [3.05, 3.63) is 505 Å². The molecule has 3 aliphatic rings. The highest BCUT2D eigenvalue weighted by molar-refractivity contribution is 7.25. The van der Waals surface area contributed by atoms with Gasteiger partial charge in [0.25, 0.3) is 0 Å². The summed E-state index contributed by atoms with van der Waals surface area (Å²) in [7, 11) is 0. The molecule has 0 bridgehead atoms. The van der Waals surface area contributed by atoms with Crippen molar-refractivity contribution in [2.24, 2.45) is 0 Å².